The summed E-state index contributed by atoms with van der Waals surface area (Å²) in [6, 6.07) is 3.58. The van der Waals surface area contributed by atoms with Gasteiger partial charge in [0.25, 0.3) is 5.92 Å². The molecule has 1 aliphatic heterocycles. The molecular formula is C24H28BrF2NO3. The molecule has 4 nitrogen and oxygen atoms in total. The number of aliphatic hydroxyl groups excluding tert-OH is 1. The van der Waals surface area contributed by atoms with Crippen molar-refractivity contribution in [1.29, 1.82) is 0 Å². The lowest BCUT2D eigenvalue weighted by Crippen LogP contribution is -2.58. The van der Waals surface area contributed by atoms with Crippen LogP contribution in [0.2, 0.25) is 0 Å². The van der Waals surface area contributed by atoms with Gasteiger partial charge in [0, 0.05) is 34.3 Å². The zero-order valence-corrected chi connectivity index (χ0v) is 19.9. The Morgan fingerprint density at radius 1 is 1.35 bits per heavy atom. The topological polar surface area (TPSA) is 59.4 Å². The Labute approximate surface area is 190 Å². The second-order valence-electron chi connectivity index (χ2n) is 9.66. The summed E-state index contributed by atoms with van der Waals surface area (Å²) in [7, 11) is 0. The number of rotatable bonds is 3. The zero-order chi connectivity index (χ0) is 23.2. The highest BCUT2D eigenvalue weighted by molar-refractivity contribution is 9.10. The highest BCUT2D eigenvalue weighted by Crippen LogP contribution is 2.60. The number of nitrogens with zero attached hydrogens (tertiary/aromatic N) is 1. The highest BCUT2D eigenvalue weighted by atomic mass is 79.9. The van der Waals surface area contributed by atoms with Crippen molar-refractivity contribution in [3.05, 3.63) is 34.6 Å². The minimum absolute atomic E-state index is 0.446. The second-order valence-corrected chi connectivity index (χ2v) is 10.6. The van der Waals surface area contributed by atoms with Gasteiger partial charge in [0.1, 0.15) is 17.6 Å². The Hall–Kier alpha value is -1.78. The minimum Gasteiger partial charge on any atom is -0.462 e. The lowest BCUT2D eigenvalue weighted by molar-refractivity contribution is -0.184. The van der Waals surface area contributed by atoms with Gasteiger partial charge >= 0.3 is 5.97 Å². The van der Waals surface area contributed by atoms with Crippen LogP contribution >= 0.6 is 15.9 Å². The van der Waals surface area contributed by atoms with E-state index in [0.29, 0.717) is 5.69 Å². The van der Waals surface area contributed by atoms with Gasteiger partial charge in [0.05, 0.1) is 5.69 Å². The van der Waals surface area contributed by atoms with Gasteiger partial charge in [-0.15, -0.1) is 0 Å². The van der Waals surface area contributed by atoms with Gasteiger partial charge in [0.15, 0.2) is 0 Å². The van der Waals surface area contributed by atoms with Gasteiger partial charge in [-0.1, -0.05) is 24.8 Å². The Balaban J connectivity index is 2.07. The van der Waals surface area contributed by atoms with Crippen LogP contribution < -0.4 is 0 Å². The monoisotopic (exact) mass is 495 g/mol. The van der Waals surface area contributed by atoms with E-state index in [1.165, 1.54) is 6.92 Å². The molecule has 0 spiro atoms. The number of aliphatic hydroxyl groups is 1. The molecule has 1 saturated heterocycles. The van der Waals surface area contributed by atoms with Gasteiger partial charge < -0.3 is 9.84 Å². The van der Waals surface area contributed by atoms with Crippen molar-refractivity contribution in [2.24, 2.45) is 28.6 Å². The van der Waals surface area contributed by atoms with E-state index >= 15 is 8.78 Å². The quantitative estimate of drug-likeness (QED) is 0.467. The van der Waals surface area contributed by atoms with Crippen LogP contribution in [0, 0.1) is 40.4 Å². The molecule has 1 saturated carbocycles. The largest absolute Gasteiger partial charge is 0.462 e. The number of aromatic nitrogens is 1. The third kappa shape index (κ3) is 4.56. The summed E-state index contributed by atoms with van der Waals surface area (Å²) in [4.78, 5) is 17.2. The molecule has 2 fully saturated rings. The summed E-state index contributed by atoms with van der Waals surface area (Å²) in [6.45, 7) is 8.74. The maximum Gasteiger partial charge on any atom is 0.316 e. The van der Waals surface area contributed by atoms with Gasteiger partial charge in [-0.2, -0.15) is 0 Å². The molecule has 0 aromatic carbocycles. The number of hydrogen-bond acceptors (Lipinski definition) is 4. The summed E-state index contributed by atoms with van der Waals surface area (Å²) < 4.78 is 36.7. The fraction of sp³-hybridized carbons (Fsp3) is 0.583. The Morgan fingerprint density at radius 2 is 2.03 bits per heavy atom. The number of halogens is 3. The molecule has 168 valence electrons. The van der Waals surface area contributed by atoms with Crippen LogP contribution in [0.4, 0.5) is 8.78 Å². The molecule has 2 aliphatic rings. The number of ether oxygens (including phenoxy) is 1. The number of alkyl halides is 2. The van der Waals surface area contributed by atoms with Crippen LogP contribution in [-0.2, 0) is 9.53 Å². The van der Waals surface area contributed by atoms with Crippen molar-refractivity contribution in [3.8, 4) is 11.8 Å². The molecule has 7 heteroatoms. The fourth-order valence-electron chi connectivity index (χ4n) is 4.68. The number of carbonyl (C=O) groups excluding carboxylic acids is 1. The number of hydrogen-bond donors (Lipinski definition) is 1. The maximum absolute atomic E-state index is 15.2. The number of fused-ring (bicyclic) bond motifs is 1. The third-order valence-electron chi connectivity index (χ3n) is 6.27. The van der Waals surface area contributed by atoms with Gasteiger partial charge in [-0.25, -0.2) is 8.78 Å². The number of pyridine rings is 1. The summed E-state index contributed by atoms with van der Waals surface area (Å²) >= 11 is 3.32. The lowest BCUT2D eigenvalue weighted by atomic mass is 9.54. The lowest BCUT2D eigenvalue weighted by Gasteiger charge is -2.48. The van der Waals surface area contributed by atoms with Crippen LogP contribution in [0.15, 0.2) is 28.9 Å². The van der Waals surface area contributed by atoms with Crippen molar-refractivity contribution < 1.29 is 23.4 Å². The fourth-order valence-corrected chi connectivity index (χ4v) is 4.92. The standard InChI is InChI=1S/C24H28BrF2NO3/c1-14-18(9-8-17-7-6-16(25)12-28-17)20-15(2)31-21(30)23(20,13-24(14,26)27)19(29)10-11-22(3,4)5/h6-9,12,14-15,18-20,29H,13H2,1-5H3/t14-,15+,18-,19?,20-,23-/m0/s1. The highest BCUT2D eigenvalue weighted by Gasteiger charge is 2.70. The molecule has 3 rings (SSSR count). The normalized spacial score (nSPS) is 33.4. The summed E-state index contributed by atoms with van der Waals surface area (Å²) in [5.74, 6) is -0.776. The van der Waals surface area contributed by atoms with E-state index in [2.05, 4.69) is 32.8 Å². The van der Waals surface area contributed by atoms with E-state index in [1.54, 1.807) is 31.3 Å². The van der Waals surface area contributed by atoms with Crippen LogP contribution in [0.5, 0.6) is 0 Å². The van der Waals surface area contributed by atoms with Crippen LogP contribution in [0.25, 0.3) is 6.08 Å². The van der Waals surface area contributed by atoms with E-state index in [4.69, 9.17) is 4.74 Å². The van der Waals surface area contributed by atoms with E-state index < -0.39 is 59.1 Å². The molecule has 1 N–H and O–H groups in total. The molecular weight excluding hydrogens is 468 g/mol. The first-order chi connectivity index (χ1) is 14.3. The van der Waals surface area contributed by atoms with Crippen LogP contribution in [0.1, 0.15) is 46.7 Å². The van der Waals surface area contributed by atoms with Gasteiger partial charge in [-0.3, -0.25) is 9.78 Å². The molecule has 0 bridgehead atoms. The molecule has 0 amide bonds. The van der Waals surface area contributed by atoms with Crippen molar-refractivity contribution in [1.82, 2.24) is 4.98 Å². The Bertz CT molecular complexity index is 929. The molecule has 1 aromatic heterocycles. The van der Waals surface area contributed by atoms with Crippen molar-refractivity contribution in [2.75, 3.05) is 0 Å². The molecule has 0 radical (unpaired) electrons. The average molecular weight is 496 g/mol. The third-order valence-corrected chi connectivity index (χ3v) is 6.74. The average Bonchev–Trinajstić information content (AvgIpc) is 2.91. The second kappa shape index (κ2) is 8.29. The van der Waals surface area contributed by atoms with E-state index in [1.807, 2.05) is 26.8 Å². The van der Waals surface area contributed by atoms with Gasteiger partial charge in [0.2, 0.25) is 0 Å². The van der Waals surface area contributed by atoms with Crippen molar-refractivity contribution in [3.63, 3.8) is 0 Å². The summed E-state index contributed by atoms with van der Waals surface area (Å²) in [5, 5.41) is 11.0. The molecule has 31 heavy (non-hydrogen) atoms. The van der Waals surface area contributed by atoms with Gasteiger partial charge in [-0.05, 0) is 67.8 Å². The van der Waals surface area contributed by atoms with E-state index in [9.17, 15) is 9.90 Å². The first kappa shape index (κ1) is 23.9. The molecule has 2 heterocycles. The number of cyclic esters (lactones) is 1. The number of carbonyl (C=O) groups is 1. The Kier molecular flexibility index (Phi) is 6.38. The van der Waals surface area contributed by atoms with Crippen molar-refractivity contribution >= 4 is 28.0 Å². The van der Waals surface area contributed by atoms with Crippen LogP contribution in [-0.4, -0.2) is 34.2 Å². The minimum atomic E-state index is -3.17. The maximum atomic E-state index is 15.2. The first-order valence-corrected chi connectivity index (χ1v) is 11.2. The van der Waals surface area contributed by atoms with E-state index in [0.717, 1.165) is 4.47 Å². The smallest absolute Gasteiger partial charge is 0.316 e. The van der Waals surface area contributed by atoms with E-state index in [-0.39, 0.29) is 0 Å². The molecule has 1 aliphatic carbocycles. The zero-order valence-electron chi connectivity index (χ0n) is 18.3. The molecule has 1 unspecified atom stereocenters. The van der Waals surface area contributed by atoms with Crippen LogP contribution in [0.3, 0.4) is 0 Å². The number of esters is 1. The predicted octanol–water partition coefficient (Wildman–Crippen LogP) is 5.11. The number of allylic oxidation sites excluding steroid dienone is 1. The summed E-state index contributed by atoms with van der Waals surface area (Å²) in [6.07, 6.45) is 2.03. The first-order valence-electron chi connectivity index (χ1n) is 10.4. The molecule has 6 atom stereocenters. The SMILES string of the molecule is C[C@H]1OC(=O)[C@]2(C(O)C#CC(C)(C)C)CC(F)(F)[C@@H](C)[C@H](C=Cc3ccc(Br)cn3)[C@H]12. The summed E-state index contributed by atoms with van der Waals surface area (Å²) in [5.41, 5.74) is -1.62. The molecule has 1 aromatic rings. The Morgan fingerprint density at radius 3 is 2.61 bits per heavy atom. The van der Waals surface area contributed by atoms with Crippen molar-refractivity contribution in [2.45, 2.75) is 59.2 Å². The predicted molar refractivity (Wildman–Crippen MR) is 118 cm³/mol.